The largest absolute Gasteiger partial charge is 0.444 e. The summed E-state index contributed by atoms with van der Waals surface area (Å²) in [6, 6.07) is 7.28. The Labute approximate surface area is 106 Å². The summed E-state index contributed by atoms with van der Waals surface area (Å²) in [6.45, 7) is 5.85. The second-order valence-corrected chi connectivity index (χ2v) is 5.15. The van der Waals surface area contributed by atoms with Gasteiger partial charge in [-0.1, -0.05) is 12.1 Å². The number of benzene rings is 1. The summed E-state index contributed by atoms with van der Waals surface area (Å²) >= 11 is 0. The molecule has 0 aliphatic rings. The average Bonchev–Trinajstić information content (AvgIpc) is 2.80. The van der Waals surface area contributed by atoms with Crippen molar-refractivity contribution in [3.63, 3.8) is 0 Å². The smallest absolute Gasteiger partial charge is 0.251 e. The molecule has 1 aromatic heterocycles. The third kappa shape index (κ3) is 2.97. The molecule has 0 spiro atoms. The van der Waals surface area contributed by atoms with Crippen LogP contribution in [0.4, 0.5) is 0 Å². The molecule has 94 valence electrons. The zero-order valence-corrected chi connectivity index (χ0v) is 10.7. The molecule has 4 heteroatoms. The molecule has 1 N–H and O–H groups in total. The van der Waals surface area contributed by atoms with Crippen LogP contribution in [0.5, 0.6) is 0 Å². The fraction of sp³-hybridized carbons (Fsp3) is 0.286. The molecule has 1 aromatic carbocycles. The van der Waals surface area contributed by atoms with E-state index in [1.165, 1.54) is 6.39 Å². The number of rotatable bonds is 2. The highest BCUT2D eigenvalue weighted by molar-refractivity contribution is 5.95. The van der Waals surface area contributed by atoms with Gasteiger partial charge in [-0.15, -0.1) is 0 Å². The lowest BCUT2D eigenvalue weighted by Crippen LogP contribution is -2.40. The average molecular weight is 244 g/mol. The Bertz CT molecular complexity index is 539. The van der Waals surface area contributed by atoms with Crippen molar-refractivity contribution in [3.8, 4) is 11.3 Å². The van der Waals surface area contributed by atoms with E-state index in [0.29, 0.717) is 11.3 Å². The third-order valence-corrected chi connectivity index (χ3v) is 2.33. The Hall–Kier alpha value is -2.10. The van der Waals surface area contributed by atoms with Gasteiger partial charge in [0, 0.05) is 16.7 Å². The molecule has 2 rings (SSSR count). The van der Waals surface area contributed by atoms with Gasteiger partial charge in [0.1, 0.15) is 0 Å². The van der Waals surface area contributed by atoms with Crippen LogP contribution in [0.1, 0.15) is 31.1 Å². The van der Waals surface area contributed by atoms with E-state index in [4.69, 9.17) is 4.42 Å². The minimum atomic E-state index is -0.251. The molecule has 0 bridgehead atoms. The fourth-order valence-electron chi connectivity index (χ4n) is 1.58. The monoisotopic (exact) mass is 244 g/mol. The third-order valence-electron chi connectivity index (χ3n) is 2.33. The Kier molecular flexibility index (Phi) is 3.19. The van der Waals surface area contributed by atoms with E-state index in [-0.39, 0.29) is 11.4 Å². The highest BCUT2D eigenvalue weighted by Gasteiger charge is 2.15. The van der Waals surface area contributed by atoms with Gasteiger partial charge in [0.25, 0.3) is 5.91 Å². The van der Waals surface area contributed by atoms with E-state index in [1.807, 2.05) is 32.9 Å². The molecule has 0 radical (unpaired) electrons. The van der Waals surface area contributed by atoms with Gasteiger partial charge in [-0.05, 0) is 32.9 Å². The van der Waals surface area contributed by atoms with Gasteiger partial charge in [-0.25, -0.2) is 4.98 Å². The van der Waals surface area contributed by atoms with Crippen LogP contribution in [0.15, 0.2) is 41.3 Å². The number of carbonyl (C=O) groups is 1. The number of amides is 1. The second kappa shape index (κ2) is 4.64. The Morgan fingerprint density at radius 1 is 1.33 bits per heavy atom. The molecule has 0 aliphatic carbocycles. The predicted octanol–water partition coefficient (Wildman–Crippen LogP) is 2.87. The van der Waals surface area contributed by atoms with E-state index in [9.17, 15) is 4.79 Å². The summed E-state index contributed by atoms with van der Waals surface area (Å²) in [6.07, 6.45) is 3.00. The van der Waals surface area contributed by atoms with Gasteiger partial charge in [-0.2, -0.15) is 0 Å². The summed E-state index contributed by atoms with van der Waals surface area (Å²) in [5, 5.41) is 2.92. The lowest BCUT2D eigenvalue weighted by Gasteiger charge is -2.20. The van der Waals surface area contributed by atoms with Crippen molar-refractivity contribution in [2.75, 3.05) is 0 Å². The van der Waals surface area contributed by atoms with Crippen LogP contribution >= 0.6 is 0 Å². The zero-order valence-electron chi connectivity index (χ0n) is 10.7. The molecule has 0 unspecified atom stereocenters. The van der Waals surface area contributed by atoms with Crippen LogP contribution in [-0.4, -0.2) is 16.4 Å². The first-order chi connectivity index (χ1) is 8.46. The lowest BCUT2D eigenvalue weighted by atomic mass is 10.1. The predicted molar refractivity (Wildman–Crippen MR) is 69.2 cm³/mol. The molecular weight excluding hydrogens is 228 g/mol. The molecule has 0 saturated heterocycles. The van der Waals surface area contributed by atoms with Crippen molar-refractivity contribution >= 4 is 5.91 Å². The van der Waals surface area contributed by atoms with E-state index >= 15 is 0 Å². The van der Waals surface area contributed by atoms with Gasteiger partial charge in [0.05, 0.1) is 6.20 Å². The number of hydrogen-bond acceptors (Lipinski definition) is 3. The summed E-state index contributed by atoms with van der Waals surface area (Å²) in [4.78, 5) is 15.9. The zero-order chi connectivity index (χ0) is 13.2. The second-order valence-electron chi connectivity index (χ2n) is 5.15. The Balaban J connectivity index is 2.25. The number of oxazole rings is 1. The molecule has 0 aliphatic heterocycles. The van der Waals surface area contributed by atoms with Crippen molar-refractivity contribution in [2.45, 2.75) is 26.3 Å². The minimum absolute atomic E-state index is 0.0936. The lowest BCUT2D eigenvalue weighted by molar-refractivity contribution is 0.0919. The maximum absolute atomic E-state index is 12.0. The summed E-state index contributed by atoms with van der Waals surface area (Å²) in [5.41, 5.74) is 1.20. The van der Waals surface area contributed by atoms with Crippen LogP contribution in [0.2, 0.25) is 0 Å². The maximum atomic E-state index is 12.0. The van der Waals surface area contributed by atoms with Crippen LogP contribution in [-0.2, 0) is 0 Å². The highest BCUT2D eigenvalue weighted by atomic mass is 16.3. The van der Waals surface area contributed by atoms with Crippen LogP contribution in [0, 0.1) is 0 Å². The molecule has 1 heterocycles. The number of hydrogen-bond donors (Lipinski definition) is 1. The number of nitrogens with one attached hydrogen (secondary N) is 1. The molecule has 0 atom stereocenters. The van der Waals surface area contributed by atoms with Gasteiger partial charge in [0.15, 0.2) is 12.2 Å². The van der Waals surface area contributed by atoms with Crippen LogP contribution in [0.3, 0.4) is 0 Å². The first kappa shape index (κ1) is 12.4. The van der Waals surface area contributed by atoms with Crippen molar-refractivity contribution in [3.05, 3.63) is 42.4 Å². The molecule has 4 nitrogen and oxygen atoms in total. The first-order valence-electron chi connectivity index (χ1n) is 5.77. The normalized spacial score (nSPS) is 11.3. The molecule has 0 saturated carbocycles. The van der Waals surface area contributed by atoms with Crippen molar-refractivity contribution < 1.29 is 9.21 Å². The summed E-state index contributed by atoms with van der Waals surface area (Å²) in [5.74, 6) is 0.560. The number of carbonyl (C=O) groups excluding carboxylic acids is 1. The van der Waals surface area contributed by atoms with Crippen molar-refractivity contribution in [1.82, 2.24) is 10.3 Å². The van der Waals surface area contributed by atoms with Gasteiger partial charge >= 0.3 is 0 Å². The first-order valence-corrected chi connectivity index (χ1v) is 5.77. The standard InChI is InChI=1S/C14H16N2O2/c1-14(2,3)16-13(17)11-6-4-5-10(7-11)12-8-15-9-18-12/h4-9H,1-3H3,(H,16,17). The number of aromatic nitrogens is 1. The van der Waals surface area contributed by atoms with Gasteiger partial charge in [-0.3, -0.25) is 4.79 Å². The van der Waals surface area contributed by atoms with Gasteiger partial charge in [0.2, 0.25) is 0 Å². The Morgan fingerprint density at radius 2 is 2.11 bits per heavy atom. The molecule has 0 fully saturated rings. The van der Waals surface area contributed by atoms with Gasteiger partial charge < -0.3 is 9.73 Å². The molecule has 2 aromatic rings. The highest BCUT2D eigenvalue weighted by Crippen LogP contribution is 2.19. The minimum Gasteiger partial charge on any atom is -0.444 e. The van der Waals surface area contributed by atoms with Crippen molar-refractivity contribution in [2.24, 2.45) is 0 Å². The van der Waals surface area contributed by atoms with Crippen LogP contribution in [0.25, 0.3) is 11.3 Å². The van der Waals surface area contributed by atoms with Crippen LogP contribution < -0.4 is 5.32 Å². The van der Waals surface area contributed by atoms with E-state index < -0.39 is 0 Å². The Morgan fingerprint density at radius 3 is 2.72 bits per heavy atom. The topological polar surface area (TPSA) is 55.1 Å². The van der Waals surface area contributed by atoms with E-state index in [1.54, 1.807) is 18.3 Å². The maximum Gasteiger partial charge on any atom is 0.251 e. The SMILES string of the molecule is CC(C)(C)NC(=O)c1cccc(-c2cnco2)c1. The van der Waals surface area contributed by atoms with Crippen molar-refractivity contribution in [1.29, 1.82) is 0 Å². The fourth-order valence-corrected chi connectivity index (χ4v) is 1.58. The quantitative estimate of drug-likeness (QED) is 0.883. The summed E-state index contributed by atoms with van der Waals surface area (Å²) in [7, 11) is 0. The van der Waals surface area contributed by atoms with E-state index in [2.05, 4.69) is 10.3 Å². The van der Waals surface area contributed by atoms with E-state index in [0.717, 1.165) is 5.56 Å². The number of nitrogens with zero attached hydrogens (tertiary/aromatic N) is 1. The molecule has 1 amide bonds. The molecular formula is C14H16N2O2. The molecule has 18 heavy (non-hydrogen) atoms. The summed E-state index contributed by atoms with van der Waals surface area (Å²) < 4.78 is 5.21.